The molecule has 0 saturated carbocycles. The molecule has 0 bridgehead atoms. The molecule has 5 heteroatoms. The van der Waals surface area contributed by atoms with Crippen molar-refractivity contribution in [3.8, 4) is 0 Å². The normalized spacial score (nSPS) is 13.7. The summed E-state index contributed by atoms with van der Waals surface area (Å²) >= 11 is 0. The number of carbonyl (C=O) groups is 1. The molecule has 136 valence electrons. The monoisotopic (exact) mass is 343 g/mol. The third-order valence-electron chi connectivity index (χ3n) is 4.60. The summed E-state index contributed by atoms with van der Waals surface area (Å²) in [5, 5.41) is 6.89. The predicted molar refractivity (Wildman–Crippen MR) is 98.2 cm³/mol. The van der Waals surface area contributed by atoms with Crippen LogP contribution in [0.25, 0.3) is 0 Å². The number of aryl methyl sites for hydroxylation is 2. The van der Waals surface area contributed by atoms with E-state index < -0.39 is 0 Å². The van der Waals surface area contributed by atoms with Gasteiger partial charge in [0.15, 0.2) is 5.82 Å². The Hall–Kier alpha value is -2.17. The summed E-state index contributed by atoms with van der Waals surface area (Å²) in [7, 11) is 0. The number of hydrogen-bond donors (Lipinski definition) is 1. The predicted octanol–water partition coefficient (Wildman–Crippen LogP) is 4.34. The van der Waals surface area contributed by atoms with Crippen LogP contribution in [0.15, 0.2) is 28.8 Å². The number of aromatic nitrogens is 2. The van der Waals surface area contributed by atoms with Crippen LogP contribution in [0.1, 0.15) is 75.3 Å². The second-order valence-corrected chi connectivity index (χ2v) is 7.00. The van der Waals surface area contributed by atoms with Crippen molar-refractivity contribution in [2.24, 2.45) is 5.92 Å². The lowest BCUT2D eigenvalue weighted by Gasteiger charge is -2.23. The lowest BCUT2D eigenvalue weighted by molar-refractivity contribution is -0.122. The molecule has 0 aliphatic carbocycles. The van der Waals surface area contributed by atoms with Gasteiger partial charge in [0.05, 0.1) is 6.04 Å². The molecular weight excluding hydrogens is 314 g/mol. The van der Waals surface area contributed by atoms with Crippen LogP contribution in [-0.4, -0.2) is 16.0 Å². The van der Waals surface area contributed by atoms with E-state index in [1.54, 1.807) is 6.92 Å². The van der Waals surface area contributed by atoms with Crippen molar-refractivity contribution in [3.05, 3.63) is 47.1 Å². The Balaban J connectivity index is 1.98. The molecule has 5 nitrogen and oxygen atoms in total. The van der Waals surface area contributed by atoms with Crippen LogP contribution in [0.4, 0.5) is 0 Å². The molecule has 2 aromatic rings. The molecule has 2 rings (SSSR count). The van der Waals surface area contributed by atoms with Gasteiger partial charge in [0.1, 0.15) is 0 Å². The number of amides is 1. The van der Waals surface area contributed by atoms with Gasteiger partial charge in [-0.2, -0.15) is 4.98 Å². The molecule has 1 heterocycles. The van der Waals surface area contributed by atoms with Gasteiger partial charge in [-0.15, -0.1) is 0 Å². The number of nitrogens with one attached hydrogen (secondary N) is 1. The molecule has 2 unspecified atom stereocenters. The molecule has 0 spiro atoms. The lowest BCUT2D eigenvalue weighted by Crippen LogP contribution is -2.31. The Morgan fingerprint density at radius 3 is 2.32 bits per heavy atom. The third-order valence-corrected chi connectivity index (χ3v) is 4.60. The number of rotatable bonds is 8. The van der Waals surface area contributed by atoms with Crippen LogP contribution >= 0.6 is 0 Å². The first-order valence-corrected chi connectivity index (χ1v) is 9.09. The van der Waals surface area contributed by atoms with E-state index >= 15 is 0 Å². The van der Waals surface area contributed by atoms with Gasteiger partial charge in [-0.25, -0.2) is 0 Å². The van der Waals surface area contributed by atoms with Crippen molar-refractivity contribution < 1.29 is 9.32 Å². The van der Waals surface area contributed by atoms with Gasteiger partial charge in [-0.3, -0.25) is 4.79 Å². The average Bonchev–Trinajstić information content (AvgIpc) is 3.02. The second kappa shape index (κ2) is 8.79. The Morgan fingerprint density at radius 2 is 1.80 bits per heavy atom. The van der Waals surface area contributed by atoms with Gasteiger partial charge in [0.25, 0.3) is 0 Å². The van der Waals surface area contributed by atoms with E-state index in [-0.39, 0.29) is 11.9 Å². The Morgan fingerprint density at radius 1 is 1.16 bits per heavy atom. The van der Waals surface area contributed by atoms with Crippen LogP contribution in [-0.2, 0) is 11.2 Å². The summed E-state index contributed by atoms with van der Waals surface area (Å²) in [4.78, 5) is 16.5. The van der Waals surface area contributed by atoms with Crippen LogP contribution < -0.4 is 5.32 Å². The smallest absolute Gasteiger partial charge is 0.227 e. The highest BCUT2D eigenvalue weighted by Gasteiger charge is 2.19. The van der Waals surface area contributed by atoms with E-state index in [4.69, 9.17) is 4.52 Å². The zero-order valence-corrected chi connectivity index (χ0v) is 15.9. The third kappa shape index (κ3) is 5.41. The van der Waals surface area contributed by atoms with Gasteiger partial charge in [-0.05, 0) is 36.3 Å². The summed E-state index contributed by atoms with van der Waals surface area (Å²) in [6, 6.07) is 8.61. The maximum atomic E-state index is 12.3. The molecule has 2 atom stereocenters. The van der Waals surface area contributed by atoms with Gasteiger partial charge in [-0.1, -0.05) is 57.1 Å². The van der Waals surface area contributed by atoms with E-state index in [2.05, 4.69) is 67.4 Å². The largest absolute Gasteiger partial charge is 0.349 e. The van der Waals surface area contributed by atoms with Crippen molar-refractivity contribution in [1.82, 2.24) is 15.5 Å². The minimum absolute atomic E-state index is 0.000515. The van der Waals surface area contributed by atoms with E-state index in [0.717, 1.165) is 12.0 Å². The zero-order chi connectivity index (χ0) is 18.4. The first kappa shape index (κ1) is 19.2. The van der Waals surface area contributed by atoms with Gasteiger partial charge >= 0.3 is 0 Å². The van der Waals surface area contributed by atoms with Crippen LogP contribution in [0.5, 0.6) is 0 Å². The van der Waals surface area contributed by atoms with E-state index in [1.807, 2.05) is 0 Å². The summed E-state index contributed by atoms with van der Waals surface area (Å²) < 4.78 is 5.06. The van der Waals surface area contributed by atoms with Crippen LogP contribution in [0.2, 0.25) is 0 Å². The molecule has 1 N–H and O–H groups in total. The van der Waals surface area contributed by atoms with Crippen LogP contribution in [0.3, 0.4) is 0 Å². The highest BCUT2D eigenvalue weighted by molar-refractivity contribution is 5.76. The maximum Gasteiger partial charge on any atom is 0.227 e. The number of nitrogens with zero attached hydrogens (tertiary/aromatic N) is 2. The molecule has 0 radical (unpaired) electrons. The van der Waals surface area contributed by atoms with E-state index in [9.17, 15) is 4.79 Å². The fourth-order valence-corrected chi connectivity index (χ4v) is 2.81. The number of benzene rings is 1. The van der Waals surface area contributed by atoms with E-state index in [0.29, 0.717) is 36.4 Å². The zero-order valence-electron chi connectivity index (χ0n) is 15.9. The fourth-order valence-electron chi connectivity index (χ4n) is 2.81. The van der Waals surface area contributed by atoms with Crippen molar-refractivity contribution >= 4 is 5.91 Å². The molecule has 25 heavy (non-hydrogen) atoms. The maximum absolute atomic E-state index is 12.3. The second-order valence-electron chi connectivity index (χ2n) is 7.00. The molecule has 1 amide bonds. The molecule has 1 aromatic carbocycles. The Kier molecular flexibility index (Phi) is 6.73. The van der Waals surface area contributed by atoms with Gasteiger partial charge < -0.3 is 9.84 Å². The minimum atomic E-state index is 0.000515. The standard InChI is InChI=1S/C20H29N3O2/c1-6-14(4)16-7-9-17(10-8-16)20(13(2)3)22-18(24)11-12-19-21-15(5)23-25-19/h7-10,13-14,20H,6,11-12H2,1-5H3,(H,22,24). The minimum Gasteiger partial charge on any atom is -0.349 e. The summed E-state index contributed by atoms with van der Waals surface area (Å²) in [6.45, 7) is 10.4. The molecular formula is C20H29N3O2. The number of carbonyl (C=O) groups excluding carboxylic acids is 1. The Labute approximate surface area is 150 Å². The molecule has 0 fully saturated rings. The van der Waals surface area contributed by atoms with Crippen molar-refractivity contribution in [1.29, 1.82) is 0 Å². The van der Waals surface area contributed by atoms with Crippen molar-refractivity contribution in [2.45, 2.75) is 65.8 Å². The fraction of sp³-hybridized carbons (Fsp3) is 0.550. The van der Waals surface area contributed by atoms with E-state index in [1.165, 1.54) is 5.56 Å². The van der Waals surface area contributed by atoms with Gasteiger partial charge in [0.2, 0.25) is 11.8 Å². The Bertz CT molecular complexity index is 677. The summed E-state index contributed by atoms with van der Waals surface area (Å²) in [6.07, 6.45) is 1.93. The molecule has 1 aromatic heterocycles. The van der Waals surface area contributed by atoms with Gasteiger partial charge in [0, 0.05) is 12.8 Å². The lowest BCUT2D eigenvalue weighted by atomic mass is 9.92. The summed E-state index contributed by atoms with van der Waals surface area (Å²) in [5.41, 5.74) is 2.48. The number of hydrogen-bond acceptors (Lipinski definition) is 4. The first-order chi connectivity index (χ1) is 11.9. The quantitative estimate of drug-likeness (QED) is 0.774. The van der Waals surface area contributed by atoms with Crippen LogP contribution in [0, 0.1) is 12.8 Å². The molecule has 0 aliphatic rings. The summed E-state index contributed by atoms with van der Waals surface area (Å²) in [5.74, 6) is 1.96. The first-order valence-electron chi connectivity index (χ1n) is 9.09. The highest BCUT2D eigenvalue weighted by atomic mass is 16.5. The highest BCUT2D eigenvalue weighted by Crippen LogP contribution is 2.25. The molecule has 0 saturated heterocycles. The average molecular weight is 343 g/mol. The molecule has 0 aliphatic heterocycles. The van der Waals surface area contributed by atoms with Crippen molar-refractivity contribution in [2.75, 3.05) is 0 Å². The van der Waals surface area contributed by atoms with Crippen molar-refractivity contribution in [3.63, 3.8) is 0 Å². The topological polar surface area (TPSA) is 68.0 Å². The SMILES string of the molecule is CCC(C)c1ccc(C(NC(=O)CCc2nc(C)no2)C(C)C)cc1.